The Bertz CT molecular complexity index is 785. The lowest BCUT2D eigenvalue weighted by Crippen LogP contribution is -2.39. The molecule has 2 aromatic rings. The van der Waals surface area contributed by atoms with Crippen molar-refractivity contribution in [1.29, 1.82) is 0 Å². The number of benzene rings is 2. The average Bonchev–Trinajstić information content (AvgIpc) is 2.70. The van der Waals surface area contributed by atoms with Crippen LogP contribution in [-0.4, -0.2) is 43.3 Å². The normalized spacial score (nSPS) is 16.7. The third-order valence-electron chi connectivity index (χ3n) is 5.15. The van der Waals surface area contributed by atoms with Crippen LogP contribution in [0.1, 0.15) is 30.0 Å². The van der Waals surface area contributed by atoms with Gasteiger partial charge in [0.1, 0.15) is 0 Å². The van der Waals surface area contributed by atoms with Crippen molar-refractivity contribution in [2.75, 3.05) is 27.3 Å². The van der Waals surface area contributed by atoms with Gasteiger partial charge in [-0.15, -0.1) is 0 Å². The third-order valence-corrected chi connectivity index (χ3v) is 5.40. The summed E-state index contributed by atoms with van der Waals surface area (Å²) in [7, 11) is 3.24. The quantitative estimate of drug-likeness (QED) is 0.800. The van der Waals surface area contributed by atoms with Crippen LogP contribution in [0.4, 0.5) is 0 Å². The van der Waals surface area contributed by atoms with Crippen LogP contribution in [0.25, 0.3) is 0 Å². The van der Waals surface area contributed by atoms with Crippen LogP contribution in [0, 0.1) is 5.92 Å². The number of carbonyl (C=O) groups is 1. The number of carboxylic acids is 1. The van der Waals surface area contributed by atoms with Gasteiger partial charge < -0.3 is 14.6 Å². The molecule has 0 spiro atoms. The van der Waals surface area contributed by atoms with Crippen molar-refractivity contribution in [1.82, 2.24) is 4.90 Å². The van der Waals surface area contributed by atoms with Crippen molar-refractivity contribution < 1.29 is 19.4 Å². The summed E-state index contributed by atoms with van der Waals surface area (Å²) >= 11 is 6.07. The monoisotopic (exact) mass is 389 g/mol. The van der Waals surface area contributed by atoms with Gasteiger partial charge in [-0.2, -0.15) is 0 Å². The summed E-state index contributed by atoms with van der Waals surface area (Å²) in [6.45, 7) is 1.44. The fourth-order valence-corrected chi connectivity index (χ4v) is 3.81. The first-order valence-electron chi connectivity index (χ1n) is 8.97. The molecule has 1 heterocycles. The number of piperidine rings is 1. The lowest BCUT2D eigenvalue weighted by Gasteiger charge is -2.37. The number of likely N-dealkylation sites (tertiary alicyclic amines) is 1. The van der Waals surface area contributed by atoms with Gasteiger partial charge in [0.25, 0.3) is 0 Å². The minimum Gasteiger partial charge on any atom is -0.493 e. The van der Waals surface area contributed by atoms with Gasteiger partial charge in [-0.1, -0.05) is 29.8 Å². The zero-order valence-electron chi connectivity index (χ0n) is 15.5. The number of methoxy groups -OCH3 is 2. The molecule has 0 saturated carbocycles. The summed E-state index contributed by atoms with van der Waals surface area (Å²) in [4.78, 5) is 13.6. The first-order chi connectivity index (χ1) is 13.0. The van der Waals surface area contributed by atoms with E-state index in [0.29, 0.717) is 29.4 Å². The summed E-state index contributed by atoms with van der Waals surface area (Å²) in [6.07, 6.45) is 1.29. The second-order valence-corrected chi connectivity index (χ2v) is 7.15. The summed E-state index contributed by atoms with van der Waals surface area (Å²) in [6, 6.07) is 13.7. The van der Waals surface area contributed by atoms with E-state index in [2.05, 4.69) is 4.90 Å². The predicted molar refractivity (Wildman–Crippen MR) is 105 cm³/mol. The molecule has 1 saturated heterocycles. The van der Waals surface area contributed by atoms with Gasteiger partial charge in [-0.05, 0) is 61.3 Å². The molecule has 6 heteroatoms. The Morgan fingerprint density at radius 1 is 1.04 bits per heavy atom. The molecular weight excluding hydrogens is 366 g/mol. The van der Waals surface area contributed by atoms with Gasteiger partial charge in [-0.25, -0.2) is 0 Å². The molecule has 0 aliphatic carbocycles. The molecule has 0 radical (unpaired) electrons. The van der Waals surface area contributed by atoms with E-state index in [4.69, 9.17) is 21.1 Å². The molecule has 1 N–H and O–H groups in total. The smallest absolute Gasteiger partial charge is 0.306 e. The maximum Gasteiger partial charge on any atom is 0.306 e. The van der Waals surface area contributed by atoms with E-state index in [-0.39, 0.29) is 12.0 Å². The van der Waals surface area contributed by atoms with Gasteiger partial charge in [0, 0.05) is 5.02 Å². The van der Waals surface area contributed by atoms with Gasteiger partial charge in [0.05, 0.1) is 26.2 Å². The maximum atomic E-state index is 11.3. The van der Waals surface area contributed by atoms with Crippen LogP contribution < -0.4 is 9.47 Å². The minimum absolute atomic E-state index is 0.00295. The molecule has 1 fully saturated rings. The van der Waals surface area contributed by atoms with Gasteiger partial charge in [0.15, 0.2) is 11.5 Å². The van der Waals surface area contributed by atoms with Crippen LogP contribution in [0.3, 0.4) is 0 Å². The van der Waals surface area contributed by atoms with E-state index >= 15 is 0 Å². The van der Waals surface area contributed by atoms with Gasteiger partial charge >= 0.3 is 5.97 Å². The van der Waals surface area contributed by atoms with Crippen LogP contribution >= 0.6 is 11.6 Å². The van der Waals surface area contributed by atoms with Gasteiger partial charge in [-0.3, -0.25) is 9.69 Å². The molecule has 1 aliphatic rings. The highest BCUT2D eigenvalue weighted by atomic mass is 35.5. The fraction of sp³-hybridized carbons (Fsp3) is 0.381. The Morgan fingerprint density at radius 3 is 2.19 bits per heavy atom. The molecule has 5 nitrogen and oxygen atoms in total. The van der Waals surface area contributed by atoms with Crippen molar-refractivity contribution in [2.24, 2.45) is 5.92 Å². The molecule has 144 valence electrons. The first kappa shape index (κ1) is 19.5. The summed E-state index contributed by atoms with van der Waals surface area (Å²) in [5, 5.41) is 9.98. The second-order valence-electron chi connectivity index (χ2n) is 6.72. The SMILES string of the molecule is COc1ccc(C(c2ccc(Cl)cc2)N2CCC(C(=O)O)CC2)cc1OC. The lowest BCUT2D eigenvalue weighted by molar-refractivity contribution is -0.143. The molecule has 1 aliphatic heterocycles. The van der Waals surface area contributed by atoms with Crippen molar-refractivity contribution >= 4 is 17.6 Å². The number of aliphatic carboxylic acids is 1. The molecule has 0 amide bonds. The molecule has 27 heavy (non-hydrogen) atoms. The number of hydrogen-bond donors (Lipinski definition) is 1. The summed E-state index contributed by atoms with van der Waals surface area (Å²) < 4.78 is 10.8. The molecule has 3 rings (SSSR count). The molecule has 0 bridgehead atoms. The van der Waals surface area contributed by atoms with E-state index < -0.39 is 5.97 Å². The van der Waals surface area contributed by atoms with Crippen LogP contribution in [0.5, 0.6) is 11.5 Å². The van der Waals surface area contributed by atoms with Crippen LogP contribution in [0.15, 0.2) is 42.5 Å². The van der Waals surface area contributed by atoms with Crippen LogP contribution in [0.2, 0.25) is 5.02 Å². The lowest BCUT2D eigenvalue weighted by atomic mass is 9.91. The van der Waals surface area contributed by atoms with Gasteiger partial charge in [0.2, 0.25) is 0 Å². The minimum atomic E-state index is -0.705. The highest BCUT2D eigenvalue weighted by Gasteiger charge is 2.30. The number of rotatable bonds is 6. The highest BCUT2D eigenvalue weighted by Crippen LogP contribution is 2.37. The van der Waals surface area contributed by atoms with E-state index in [9.17, 15) is 9.90 Å². The Hall–Kier alpha value is -2.24. The Kier molecular flexibility index (Phi) is 6.24. The van der Waals surface area contributed by atoms with E-state index in [1.165, 1.54) is 0 Å². The van der Waals surface area contributed by atoms with Crippen molar-refractivity contribution in [3.8, 4) is 11.5 Å². The molecule has 0 aromatic heterocycles. The second kappa shape index (κ2) is 8.63. The third kappa shape index (κ3) is 4.37. The van der Waals surface area contributed by atoms with E-state index in [0.717, 1.165) is 24.2 Å². The topological polar surface area (TPSA) is 59.0 Å². The molecule has 2 aromatic carbocycles. The highest BCUT2D eigenvalue weighted by molar-refractivity contribution is 6.30. The van der Waals surface area contributed by atoms with Crippen molar-refractivity contribution in [3.63, 3.8) is 0 Å². The van der Waals surface area contributed by atoms with E-state index in [1.807, 2.05) is 42.5 Å². The number of nitrogens with zero attached hydrogens (tertiary/aromatic N) is 1. The predicted octanol–water partition coefficient (Wildman–Crippen LogP) is 4.24. The first-order valence-corrected chi connectivity index (χ1v) is 9.35. The van der Waals surface area contributed by atoms with Crippen molar-refractivity contribution in [2.45, 2.75) is 18.9 Å². The zero-order valence-corrected chi connectivity index (χ0v) is 16.3. The Balaban J connectivity index is 1.96. The average molecular weight is 390 g/mol. The largest absolute Gasteiger partial charge is 0.493 e. The molecular formula is C21H24ClNO4. The Morgan fingerprint density at radius 2 is 1.63 bits per heavy atom. The summed E-state index contributed by atoms with van der Waals surface area (Å²) in [5.41, 5.74) is 2.18. The number of hydrogen-bond acceptors (Lipinski definition) is 4. The number of ether oxygens (including phenoxy) is 2. The summed E-state index contributed by atoms with van der Waals surface area (Å²) in [5.74, 6) is 0.386. The van der Waals surface area contributed by atoms with Crippen molar-refractivity contribution in [3.05, 3.63) is 58.6 Å². The fourth-order valence-electron chi connectivity index (χ4n) is 3.69. The maximum absolute atomic E-state index is 11.3. The van der Waals surface area contributed by atoms with E-state index in [1.54, 1.807) is 14.2 Å². The standard InChI is InChI=1S/C21H24ClNO4/c1-26-18-8-5-16(13-19(18)27-2)20(14-3-6-17(22)7-4-14)23-11-9-15(10-12-23)21(24)25/h3-8,13,15,20H,9-12H2,1-2H3,(H,24,25). The Labute approximate surface area is 164 Å². The molecule has 1 atom stereocenters. The number of halogens is 1. The van der Waals surface area contributed by atoms with Crippen LogP contribution in [-0.2, 0) is 4.79 Å². The molecule has 1 unspecified atom stereocenters. The number of carboxylic acid groups (broad SMARTS) is 1. The zero-order chi connectivity index (χ0) is 19.4.